The Morgan fingerprint density at radius 3 is 2.88 bits per heavy atom. The molecule has 32 heavy (non-hydrogen) atoms. The number of ether oxygens (including phenoxy) is 1. The molecule has 0 bridgehead atoms. The highest BCUT2D eigenvalue weighted by Gasteiger charge is 2.18. The molecule has 0 saturated carbocycles. The van der Waals surface area contributed by atoms with Crippen molar-refractivity contribution in [2.24, 2.45) is 0 Å². The van der Waals surface area contributed by atoms with Crippen molar-refractivity contribution in [3.63, 3.8) is 0 Å². The number of furan rings is 1. The molecule has 4 rings (SSSR count). The maximum Gasteiger partial charge on any atom is 0.387 e. The molecule has 3 aromatic heterocycles. The normalized spacial score (nSPS) is 12.2. The van der Waals surface area contributed by atoms with Crippen molar-refractivity contribution in [3.05, 3.63) is 64.2 Å². The van der Waals surface area contributed by atoms with Crippen LogP contribution in [0.1, 0.15) is 18.0 Å². The highest BCUT2D eigenvalue weighted by molar-refractivity contribution is 8.00. The number of aromatic amines is 1. The second-order valence-corrected chi connectivity index (χ2v) is 8.82. The van der Waals surface area contributed by atoms with Crippen LogP contribution in [0.5, 0.6) is 5.75 Å². The van der Waals surface area contributed by atoms with E-state index in [2.05, 4.69) is 20.0 Å². The summed E-state index contributed by atoms with van der Waals surface area (Å²) in [5.41, 5.74) is 0.551. The lowest BCUT2D eigenvalue weighted by Gasteiger charge is -2.13. The maximum atomic E-state index is 12.7. The molecule has 3 heterocycles. The maximum absolute atomic E-state index is 12.7. The summed E-state index contributed by atoms with van der Waals surface area (Å²) in [6.45, 7) is -1.18. The van der Waals surface area contributed by atoms with Gasteiger partial charge in [0.05, 0.1) is 28.3 Å². The predicted octanol–water partition coefficient (Wildman–Crippen LogP) is 5.28. The van der Waals surface area contributed by atoms with Crippen LogP contribution < -0.4 is 15.6 Å². The van der Waals surface area contributed by atoms with Gasteiger partial charge < -0.3 is 19.5 Å². The second kappa shape index (κ2) is 9.53. The van der Waals surface area contributed by atoms with Crippen molar-refractivity contribution in [3.8, 4) is 17.1 Å². The Labute approximate surface area is 188 Å². The lowest BCUT2D eigenvalue weighted by atomic mass is 10.2. The van der Waals surface area contributed by atoms with Crippen LogP contribution >= 0.6 is 23.1 Å². The zero-order chi connectivity index (χ0) is 22.7. The predicted molar refractivity (Wildman–Crippen MR) is 121 cm³/mol. The van der Waals surface area contributed by atoms with Gasteiger partial charge in [-0.25, -0.2) is 4.98 Å². The van der Waals surface area contributed by atoms with E-state index in [-0.39, 0.29) is 28.0 Å². The number of carbonyl (C=O) groups excluding carboxylic acids is 1. The number of alkyl halides is 2. The lowest BCUT2D eigenvalue weighted by Crippen LogP contribution is -2.17. The molecular formula is C21H17F2N3O4S2. The fourth-order valence-corrected chi connectivity index (χ4v) is 4.68. The van der Waals surface area contributed by atoms with Crippen LogP contribution in [0, 0.1) is 0 Å². The number of halogens is 2. The van der Waals surface area contributed by atoms with E-state index in [0.29, 0.717) is 27.4 Å². The van der Waals surface area contributed by atoms with E-state index in [1.165, 1.54) is 47.6 Å². The summed E-state index contributed by atoms with van der Waals surface area (Å²) >= 11 is 2.59. The number of hydrogen-bond acceptors (Lipinski definition) is 7. The number of anilines is 1. The van der Waals surface area contributed by atoms with Gasteiger partial charge in [-0.15, -0.1) is 23.1 Å². The number of para-hydroxylation sites is 2. The van der Waals surface area contributed by atoms with Crippen LogP contribution in [-0.4, -0.2) is 28.2 Å². The first-order chi connectivity index (χ1) is 15.4. The fraction of sp³-hybridized carbons (Fsp3) is 0.190. The molecule has 0 radical (unpaired) electrons. The fourth-order valence-electron chi connectivity index (χ4n) is 3.01. The molecule has 0 aliphatic heterocycles. The summed E-state index contributed by atoms with van der Waals surface area (Å²) in [6.07, 6.45) is 1.54. The van der Waals surface area contributed by atoms with Crippen molar-refractivity contribution in [2.75, 3.05) is 11.1 Å². The number of hydrogen-bond donors (Lipinski definition) is 2. The molecule has 2 N–H and O–H groups in total. The topological polar surface area (TPSA) is 97.2 Å². The quantitative estimate of drug-likeness (QED) is 0.358. The molecule has 0 saturated heterocycles. The molecule has 1 aromatic carbocycles. The minimum Gasteiger partial charge on any atom is -0.464 e. The van der Waals surface area contributed by atoms with Crippen molar-refractivity contribution < 1.29 is 22.7 Å². The first-order valence-electron chi connectivity index (χ1n) is 9.43. The molecule has 0 aliphatic carbocycles. The zero-order valence-corrected chi connectivity index (χ0v) is 18.3. The van der Waals surface area contributed by atoms with Gasteiger partial charge in [0.2, 0.25) is 5.91 Å². The molecule has 1 unspecified atom stereocenters. The number of aromatic nitrogens is 2. The summed E-state index contributed by atoms with van der Waals surface area (Å²) in [5, 5.41) is 4.55. The standard InChI is InChI=1S/C21H17F2N3O4S2/c1-11(31-10-16(27)24-13-5-2-3-6-15(13)30-21(22)23)18-25-19(28)17-12(9-32-20(17)26-18)14-7-4-8-29-14/h2-9,11,21H,10H2,1H3,(H,24,27)(H,25,26,28). The van der Waals surface area contributed by atoms with E-state index in [0.717, 1.165) is 0 Å². The summed E-state index contributed by atoms with van der Waals surface area (Å²) < 4.78 is 34.9. The Hall–Kier alpha value is -3.18. The van der Waals surface area contributed by atoms with Crippen molar-refractivity contribution in [1.29, 1.82) is 0 Å². The van der Waals surface area contributed by atoms with Gasteiger partial charge in [-0.1, -0.05) is 12.1 Å². The Morgan fingerprint density at radius 2 is 2.12 bits per heavy atom. The highest BCUT2D eigenvalue weighted by atomic mass is 32.2. The number of fused-ring (bicyclic) bond motifs is 1. The molecule has 4 aromatic rings. The van der Waals surface area contributed by atoms with Gasteiger partial charge >= 0.3 is 6.61 Å². The van der Waals surface area contributed by atoms with Gasteiger partial charge in [-0.2, -0.15) is 8.78 Å². The summed E-state index contributed by atoms with van der Waals surface area (Å²) in [5.74, 6) is 0.539. The number of H-pyrrole nitrogens is 1. The van der Waals surface area contributed by atoms with Gasteiger partial charge in [0.15, 0.2) is 0 Å². The highest BCUT2D eigenvalue weighted by Crippen LogP contribution is 2.33. The van der Waals surface area contributed by atoms with Crippen LogP contribution in [0.3, 0.4) is 0 Å². The number of benzene rings is 1. The van der Waals surface area contributed by atoms with Crippen LogP contribution in [0.15, 0.2) is 57.3 Å². The van der Waals surface area contributed by atoms with Crippen LogP contribution in [-0.2, 0) is 4.79 Å². The van der Waals surface area contributed by atoms with Crippen molar-refractivity contribution in [2.45, 2.75) is 18.8 Å². The number of thioether (sulfide) groups is 1. The van der Waals surface area contributed by atoms with E-state index in [4.69, 9.17) is 4.42 Å². The molecule has 166 valence electrons. The summed E-state index contributed by atoms with van der Waals surface area (Å²) in [6, 6.07) is 9.48. The Balaban J connectivity index is 1.44. The first-order valence-corrected chi connectivity index (χ1v) is 11.4. The number of amides is 1. The van der Waals surface area contributed by atoms with Gasteiger partial charge in [0.1, 0.15) is 22.2 Å². The van der Waals surface area contributed by atoms with Crippen LogP contribution in [0.25, 0.3) is 21.5 Å². The molecule has 1 amide bonds. The third kappa shape index (κ3) is 4.83. The Kier molecular flexibility index (Phi) is 6.56. The molecule has 11 heteroatoms. The summed E-state index contributed by atoms with van der Waals surface area (Å²) in [7, 11) is 0. The van der Waals surface area contributed by atoms with Gasteiger partial charge in [-0.3, -0.25) is 9.59 Å². The SMILES string of the molecule is CC(SCC(=O)Nc1ccccc1OC(F)F)c1nc2scc(-c3ccco3)c2c(=O)[nH]1. The average molecular weight is 478 g/mol. The Bertz CT molecular complexity index is 1290. The minimum atomic E-state index is -2.99. The van der Waals surface area contributed by atoms with Gasteiger partial charge in [0.25, 0.3) is 5.56 Å². The van der Waals surface area contributed by atoms with E-state index in [9.17, 15) is 18.4 Å². The molecule has 0 aliphatic rings. The number of nitrogens with zero attached hydrogens (tertiary/aromatic N) is 1. The van der Waals surface area contributed by atoms with E-state index < -0.39 is 12.5 Å². The average Bonchev–Trinajstić information content (AvgIpc) is 3.42. The minimum absolute atomic E-state index is 0.0218. The summed E-state index contributed by atoms with van der Waals surface area (Å²) in [4.78, 5) is 32.9. The number of carbonyl (C=O) groups is 1. The van der Waals surface area contributed by atoms with Crippen molar-refractivity contribution in [1.82, 2.24) is 9.97 Å². The molecule has 1 atom stereocenters. The van der Waals surface area contributed by atoms with E-state index >= 15 is 0 Å². The monoisotopic (exact) mass is 477 g/mol. The number of rotatable bonds is 8. The molecular weight excluding hydrogens is 460 g/mol. The van der Waals surface area contributed by atoms with E-state index in [1.807, 2.05) is 12.3 Å². The molecule has 0 spiro atoms. The third-order valence-corrected chi connectivity index (χ3v) is 6.50. The largest absolute Gasteiger partial charge is 0.464 e. The van der Waals surface area contributed by atoms with Gasteiger partial charge in [-0.05, 0) is 31.2 Å². The van der Waals surface area contributed by atoms with E-state index in [1.54, 1.807) is 18.2 Å². The third-order valence-electron chi connectivity index (χ3n) is 4.48. The molecule has 7 nitrogen and oxygen atoms in total. The smallest absolute Gasteiger partial charge is 0.387 e. The second-order valence-electron chi connectivity index (χ2n) is 6.63. The first kappa shape index (κ1) is 22.0. The zero-order valence-electron chi connectivity index (χ0n) is 16.6. The van der Waals surface area contributed by atoms with Crippen molar-refractivity contribution >= 4 is 44.9 Å². The number of thiophene rings is 1. The molecule has 0 fully saturated rings. The van der Waals surface area contributed by atoms with Gasteiger partial charge in [0, 0.05) is 10.9 Å². The van der Waals surface area contributed by atoms with Crippen LogP contribution in [0.2, 0.25) is 0 Å². The van der Waals surface area contributed by atoms with Crippen LogP contribution in [0.4, 0.5) is 14.5 Å². The Morgan fingerprint density at radius 1 is 1.31 bits per heavy atom. The number of nitrogens with one attached hydrogen (secondary N) is 2. The lowest BCUT2D eigenvalue weighted by molar-refractivity contribution is -0.113.